The number of hydrogen-bond donors (Lipinski definition) is 2. The molecule has 3 N–H and O–H groups in total. The molecule has 0 saturated carbocycles. The number of aromatic amines is 1. The Bertz CT molecular complexity index is 1430. The highest BCUT2D eigenvalue weighted by molar-refractivity contribution is 5.85. The van der Waals surface area contributed by atoms with Gasteiger partial charge in [0, 0.05) is 37.6 Å². The third-order valence-corrected chi connectivity index (χ3v) is 7.60. The molecule has 1 aromatic carbocycles. The quantitative estimate of drug-likeness (QED) is 0.368. The summed E-state index contributed by atoms with van der Waals surface area (Å²) < 4.78 is 13.0. The fraction of sp³-hybridized carbons (Fsp3) is 0.414. The van der Waals surface area contributed by atoms with E-state index in [0.717, 1.165) is 49.4 Å². The Morgan fingerprint density at radius 2 is 1.79 bits per heavy atom. The van der Waals surface area contributed by atoms with Crippen molar-refractivity contribution in [3.05, 3.63) is 70.3 Å². The zero-order chi connectivity index (χ0) is 25.9. The van der Waals surface area contributed by atoms with Crippen LogP contribution in [0.3, 0.4) is 0 Å². The van der Waals surface area contributed by atoms with E-state index >= 15 is 0 Å². The van der Waals surface area contributed by atoms with E-state index in [0.29, 0.717) is 36.0 Å². The lowest BCUT2D eigenvalue weighted by molar-refractivity contribution is 0.0491. The molecular weight excluding hydrogens is 480 g/mol. The lowest BCUT2D eigenvalue weighted by Crippen LogP contribution is -2.21. The van der Waals surface area contributed by atoms with Crippen LogP contribution in [0, 0.1) is 5.92 Å². The lowest BCUT2D eigenvalue weighted by Gasteiger charge is -2.21. The molecule has 2 aliphatic heterocycles. The fourth-order valence-corrected chi connectivity index (χ4v) is 5.35. The van der Waals surface area contributed by atoms with Crippen molar-refractivity contribution in [3.63, 3.8) is 0 Å². The van der Waals surface area contributed by atoms with E-state index in [-0.39, 0.29) is 11.5 Å². The summed E-state index contributed by atoms with van der Waals surface area (Å²) in [6.07, 6.45) is 6.37. The van der Waals surface area contributed by atoms with Gasteiger partial charge in [0.05, 0.1) is 24.4 Å². The van der Waals surface area contributed by atoms with E-state index in [4.69, 9.17) is 15.2 Å². The minimum absolute atomic E-state index is 0.243. The van der Waals surface area contributed by atoms with Crippen LogP contribution in [-0.4, -0.2) is 57.3 Å². The number of nitrogens with one attached hydrogen (secondary N) is 1. The molecule has 5 heterocycles. The molecule has 198 valence electrons. The number of fused-ring (bicyclic) bond motifs is 1. The molecule has 0 atom stereocenters. The van der Waals surface area contributed by atoms with Crippen LogP contribution in [-0.2, 0) is 17.8 Å². The number of hydrogen-bond acceptors (Lipinski definition) is 7. The van der Waals surface area contributed by atoms with E-state index in [1.165, 1.54) is 31.5 Å². The maximum Gasteiger partial charge on any atom is 0.326 e. The van der Waals surface area contributed by atoms with Crippen LogP contribution < -0.4 is 16.2 Å². The molecule has 2 aliphatic rings. The molecule has 9 nitrogen and oxygen atoms in total. The number of imidazole rings is 1. The van der Waals surface area contributed by atoms with Crippen molar-refractivity contribution >= 4 is 16.9 Å². The summed E-state index contributed by atoms with van der Waals surface area (Å²) in [5.74, 6) is 1.11. The van der Waals surface area contributed by atoms with Crippen molar-refractivity contribution in [1.82, 2.24) is 24.4 Å². The number of nitrogen functional groups attached to an aromatic ring is 1. The third kappa shape index (κ3) is 5.44. The van der Waals surface area contributed by atoms with Crippen molar-refractivity contribution in [2.45, 2.75) is 38.8 Å². The Labute approximate surface area is 221 Å². The average molecular weight is 515 g/mol. The number of anilines is 1. The topological polar surface area (TPSA) is 111 Å². The summed E-state index contributed by atoms with van der Waals surface area (Å²) in [7, 11) is 0. The highest BCUT2D eigenvalue weighted by Gasteiger charge is 2.17. The van der Waals surface area contributed by atoms with Gasteiger partial charge in [-0.15, -0.1) is 0 Å². The molecule has 4 aromatic rings. The first kappa shape index (κ1) is 24.6. The highest BCUT2D eigenvalue weighted by Crippen LogP contribution is 2.25. The Morgan fingerprint density at radius 1 is 1.03 bits per heavy atom. The van der Waals surface area contributed by atoms with Crippen LogP contribution in [0.25, 0.3) is 22.3 Å². The molecular formula is C29H34N6O3. The molecule has 0 amide bonds. The van der Waals surface area contributed by atoms with Crippen molar-refractivity contribution in [2.24, 2.45) is 5.92 Å². The van der Waals surface area contributed by atoms with Crippen LogP contribution in [0.2, 0.25) is 0 Å². The summed E-state index contributed by atoms with van der Waals surface area (Å²) in [6, 6.07) is 14.4. The molecule has 0 spiro atoms. The van der Waals surface area contributed by atoms with Gasteiger partial charge >= 0.3 is 5.69 Å². The van der Waals surface area contributed by atoms with E-state index in [1.54, 1.807) is 10.6 Å². The van der Waals surface area contributed by atoms with Gasteiger partial charge in [0.1, 0.15) is 5.52 Å². The zero-order valence-electron chi connectivity index (χ0n) is 21.6. The number of ether oxygens (including phenoxy) is 2. The van der Waals surface area contributed by atoms with Gasteiger partial charge in [0.2, 0.25) is 5.88 Å². The first-order valence-electron chi connectivity index (χ1n) is 13.5. The van der Waals surface area contributed by atoms with Gasteiger partial charge in [-0.25, -0.2) is 4.79 Å². The number of likely N-dealkylation sites (tertiary alicyclic amines) is 1. The van der Waals surface area contributed by atoms with Crippen molar-refractivity contribution < 1.29 is 9.47 Å². The van der Waals surface area contributed by atoms with Crippen LogP contribution in [0.15, 0.2) is 53.5 Å². The molecule has 2 fully saturated rings. The minimum Gasteiger partial charge on any atom is -0.477 e. The molecule has 2 saturated heterocycles. The van der Waals surface area contributed by atoms with Crippen LogP contribution in [0.5, 0.6) is 5.88 Å². The van der Waals surface area contributed by atoms with E-state index in [2.05, 4.69) is 44.1 Å². The molecule has 3 aromatic heterocycles. The average Bonchev–Trinajstić information content (AvgIpc) is 3.57. The summed E-state index contributed by atoms with van der Waals surface area (Å²) in [5.41, 5.74) is 11.4. The summed E-state index contributed by atoms with van der Waals surface area (Å²) in [4.78, 5) is 27.2. The monoisotopic (exact) mass is 514 g/mol. The molecule has 0 bridgehead atoms. The first-order valence-corrected chi connectivity index (χ1v) is 13.5. The van der Waals surface area contributed by atoms with Gasteiger partial charge in [-0.1, -0.05) is 30.3 Å². The summed E-state index contributed by atoms with van der Waals surface area (Å²) in [5, 5.41) is 0. The van der Waals surface area contributed by atoms with Crippen LogP contribution in [0.1, 0.15) is 36.8 Å². The molecule has 6 rings (SSSR count). The third-order valence-electron chi connectivity index (χ3n) is 7.60. The van der Waals surface area contributed by atoms with Gasteiger partial charge in [0.25, 0.3) is 0 Å². The van der Waals surface area contributed by atoms with Gasteiger partial charge in [0.15, 0.2) is 5.82 Å². The number of nitrogens with zero attached hydrogens (tertiary/aromatic N) is 4. The van der Waals surface area contributed by atoms with E-state index in [9.17, 15) is 4.79 Å². The second-order valence-corrected chi connectivity index (χ2v) is 10.4. The molecule has 0 aliphatic carbocycles. The van der Waals surface area contributed by atoms with Gasteiger partial charge in [-0.2, -0.15) is 4.98 Å². The maximum absolute atomic E-state index is 12.8. The number of H-pyrrole nitrogens is 1. The van der Waals surface area contributed by atoms with Crippen molar-refractivity contribution in [2.75, 3.05) is 38.6 Å². The van der Waals surface area contributed by atoms with Gasteiger partial charge in [-0.05, 0) is 61.9 Å². The largest absolute Gasteiger partial charge is 0.477 e. The van der Waals surface area contributed by atoms with Crippen molar-refractivity contribution in [1.29, 1.82) is 0 Å². The van der Waals surface area contributed by atoms with Crippen molar-refractivity contribution in [3.8, 4) is 17.1 Å². The number of nitrogens with two attached hydrogens (primary N) is 1. The maximum atomic E-state index is 12.8. The zero-order valence-corrected chi connectivity index (χ0v) is 21.6. The van der Waals surface area contributed by atoms with Gasteiger partial charge in [-0.3, -0.25) is 14.5 Å². The fourth-order valence-electron chi connectivity index (χ4n) is 5.35. The minimum atomic E-state index is -0.243. The first-order chi connectivity index (χ1) is 18.6. The lowest BCUT2D eigenvalue weighted by atomic mass is 10.0. The summed E-state index contributed by atoms with van der Waals surface area (Å²) >= 11 is 0. The molecule has 38 heavy (non-hydrogen) atoms. The molecule has 0 unspecified atom stereocenters. The number of rotatable bonds is 8. The SMILES string of the molecule is Nc1nc(OCC2CCOCC2)cc2c1[nH]c(=O)n2Cc1ccc(-c2ccc(CN3CCCC3)cc2)nc1. The Morgan fingerprint density at radius 3 is 2.53 bits per heavy atom. The normalized spacial score (nSPS) is 16.8. The second kappa shape index (κ2) is 11.0. The number of pyridine rings is 2. The van der Waals surface area contributed by atoms with E-state index < -0.39 is 0 Å². The highest BCUT2D eigenvalue weighted by atomic mass is 16.5. The van der Waals surface area contributed by atoms with E-state index in [1.807, 2.05) is 18.3 Å². The predicted octanol–water partition coefficient (Wildman–Crippen LogP) is 3.82. The molecule has 0 radical (unpaired) electrons. The number of aromatic nitrogens is 4. The number of benzene rings is 1. The predicted molar refractivity (Wildman–Crippen MR) is 147 cm³/mol. The molecule has 9 heteroatoms. The Balaban J connectivity index is 1.16. The summed E-state index contributed by atoms with van der Waals surface area (Å²) in [6.45, 7) is 5.84. The second-order valence-electron chi connectivity index (χ2n) is 10.4. The smallest absolute Gasteiger partial charge is 0.326 e. The Kier molecular flexibility index (Phi) is 7.11. The Hall–Kier alpha value is -3.69. The van der Waals surface area contributed by atoms with Crippen LogP contribution in [0.4, 0.5) is 5.82 Å². The van der Waals surface area contributed by atoms with Crippen LogP contribution >= 0.6 is 0 Å². The van der Waals surface area contributed by atoms with Gasteiger partial charge < -0.3 is 20.2 Å². The standard InChI is InChI=1S/C29H34N6O3/c30-28-27-25(15-26(32-28)38-19-21-9-13-37-14-10-21)35(29(36)33-27)18-22-5-8-24(31-16-22)23-6-3-20(4-7-23)17-34-11-1-2-12-34/h3-8,15-16,21H,1-2,9-14,17-19H2,(H2,30,32)(H,33,36).